The van der Waals surface area contributed by atoms with Crippen molar-refractivity contribution in [1.82, 2.24) is 4.90 Å². The van der Waals surface area contributed by atoms with Crippen LogP contribution in [0.15, 0.2) is 35.6 Å². The van der Waals surface area contributed by atoms with E-state index in [0.717, 1.165) is 11.3 Å². The fourth-order valence-electron chi connectivity index (χ4n) is 1.49. The maximum absolute atomic E-state index is 10.8. The summed E-state index contributed by atoms with van der Waals surface area (Å²) in [7, 11) is 2.95. The summed E-state index contributed by atoms with van der Waals surface area (Å²) in [6.07, 6.45) is 6.50. The van der Waals surface area contributed by atoms with Crippen molar-refractivity contribution in [2.45, 2.75) is 25.8 Å². The van der Waals surface area contributed by atoms with Crippen LogP contribution in [0.5, 0.6) is 0 Å². The maximum atomic E-state index is 10.8. The molecule has 0 saturated carbocycles. The Bertz CT molecular complexity index is 522. The van der Waals surface area contributed by atoms with Gasteiger partial charge in [-0.15, -0.1) is 0 Å². The number of nitrogens with zero attached hydrogens (tertiary/aromatic N) is 3. The minimum atomic E-state index is -1.34. The third kappa shape index (κ3) is 6.16. The molecule has 9 nitrogen and oxygen atoms in total. The molecule has 1 aliphatic rings. The molecule has 1 atom stereocenters. The average Bonchev–Trinajstić information content (AvgIpc) is 2.44. The Morgan fingerprint density at radius 3 is 2.32 bits per heavy atom. The summed E-state index contributed by atoms with van der Waals surface area (Å²) < 4.78 is 0. The van der Waals surface area contributed by atoms with Crippen LogP contribution in [0, 0.1) is 20.2 Å². The number of nitro groups is 2. The monoisotopic (exact) mass is 313 g/mol. The molecule has 0 aromatic rings. The van der Waals surface area contributed by atoms with E-state index in [2.05, 4.69) is 0 Å². The summed E-state index contributed by atoms with van der Waals surface area (Å²) in [6, 6.07) is -1.34. The van der Waals surface area contributed by atoms with Gasteiger partial charge < -0.3 is 10.0 Å². The molecule has 1 amide bonds. The zero-order valence-electron chi connectivity index (χ0n) is 12.6. The molecule has 0 aliphatic heterocycles. The predicted molar refractivity (Wildman–Crippen MR) is 79.7 cm³/mol. The molecule has 1 unspecified atom stereocenters. The third-order valence-electron chi connectivity index (χ3n) is 2.62. The number of allylic oxidation sites excluding steroid dienone is 3. The number of unbranched alkanes of at least 4 members (excludes halogenated alkanes) is 1. The van der Waals surface area contributed by atoms with E-state index in [1.165, 1.54) is 26.2 Å². The first-order valence-corrected chi connectivity index (χ1v) is 6.48. The van der Waals surface area contributed by atoms with Crippen molar-refractivity contribution in [2.24, 2.45) is 0 Å². The molecule has 0 aromatic carbocycles. The van der Waals surface area contributed by atoms with Crippen molar-refractivity contribution in [3.63, 3.8) is 0 Å². The highest BCUT2D eigenvalue weighted by Gasteiger charge is 2.38. The topological polar surface area (TPSA) is 127 Å². The van der Waals surface area contributed by atoms with Gasteiger partial charge in [-0.05, 0) is 6.42 Å². The van der Waals surface area contributed by atoms with Gasteiger partial charge in [0.15, 0.2) is 0 Å². The van der Waals surface area contributed by atoms with Crippen molar-refractivity contribution in [1.29, 1.82) is 0 Å². The molecule has 9 heteroatoms. The Labute approximate surface area is 127 Å². The zero-order chi connectivity index (χ0) is 17.3. The molecule has 122 valence electrons. The van der Waals surface area contributed by atoms with E-state index in [9.17, 15) is 25.0 Å². The summed E-state index contributed by atoms with van der Waals surface area (Å²) in [5, 5.41) is 29.4. The molecule has 0 saturated heterocycles. The Hall–Kier alpha value is -2.71. The Balaban J connectivity index is 0.000000626. The van der Waals surface area contributed by atoms with Crippen molar-refractivity contribution in [3.8, 4) is 0 Å². The van der Waals surface area contributed by atoms with Crippen molar-refractivity contribution in [3.05, 3.63) is 55.8 Å². The van der Waals surface area contributed by atoms with Crippen LogP contribution in [-0.4, -0.2) is 46.1 Å². The maximum Gasteiger partial charge on any atom is 0.406 e. The second kappa shape index (κ2) is 9.27. The lowest BCUT2D eigenvalue weighted by atomic mass is 9.98. The molecular weight excluding hydrogens is 294 g/mol. The summed E-state index contributed by atoms with van der Waals surface area (Å²) in [5.74, 6) is 0. The van der Waals surface area contributed by atoms with E-state index in [4.69, 9.17) is 5.11 Å². The fourth-order valence-corrected chi connectivity index (χ4v) is 1.49. The second-order valence-electron chi connectivity index (χ2n) is 4.57. The Morgan fingerprint density at radius 1 is 1.41 bits per heavy atom. The number of carboxylic acid groups (broad SMARTS) is 1. The molecule has 1 rings (SSSR count). The van der Waals surface area contributed by atoms with Gasteiger partial charge in [-0.3, -0.25) is 20.2 Å². The average molecular weight is 313 g/mol. The van der Waals surface area contributed by atoms with Gasteiger partial charge in [0.2, 0.25) is 0 Å². The molecule has 0 heterocycles. The molecule has 22 heavy (non-hydrogen) atoms. The number of hydrogen-bond acceptors (Lipinski definition) is 5. The van der Waals surface area contributed by atoms with E-state index in [1.54, 1.807) is 12.2 Å². The normalized spacial score (nSPS) is 18.0. The zero-order valence-corrected chi connectivity index (χ0v) is 12.6. The number of amides is 1. The summed E-state index contributed by atoms with van der Waals surface area (Å²) in [5.41, 5.74) is 0.0101. The second-order valence-corrected chi connectivity index (χ2v) is 4.57. The highest BCUT2D eigenvalue weighted by molar-refractivity contribution is 5.63. The highest BCUT2D eigenvalue weighted by Crippen LogP contribution is 2.22. The van der Waals surface area contributed by atoms with E-state index in [0.29, 0.717) is 12.0 Å². The summed E-state index contributed by atoms with van der Waals surface area (Å²) >= 11 is 0. The number of carbonyl (C=O) groups is 1. The fraction of sp³-hybridized carbons (Fsp3) is 0.462. The highest BCUT2D eigenvalue weighted by atomic mass is 16.6. The predicted octanol–water partition coefficient (Wildman–Crippen LogP) is 2.31. The van der Waals surface area contributed by atoms with Gasteiger partial charge in [0, 0.05) is 30.7 Å². The van der Waals surface area contributed by atoms with Gasteiger partial charge in [-0.1, -0.05) is 31.6 Å². The van der Waals surface area contributed by atoms with Gasteiger partial charge in [0.05, 0.1) is 4.92 Å². The molecule has 0 spiro atoms. The van der Waals surface area contributed by atoms with E-state index >= 15 is 0 Å². The van der Waals surface area contributed by atoms with E-state index in [-0.39, 0.29) is 5.70 Å². The van der Waals surface area contributed by atoms with Gasteiger partial charge in [0.25, 0.3) is 0 Å². The molecule has 0 radical (unpaired) electrons. The van der Waals surface area contributed by atoms with Crippen LogP contribution >= 0.6 is 0 Å². The van der Waals surface area contributed by atoms with Crippen LogP contribution in [0.3, 0.4) is 0 Å². The van der Waals surface area contributed by atoms with E-state index in [1.807, 2.05) is 6.92 Å². The van der Waals surface area contributed by atoms with Crippen LogP contribution in [0.1, 0.15) is 19.8 Å². The number of hydrogen-bond donors (Lipinski definition) is 1. The molecule has 0 fully saturated rings. The van der Waals surface area contributed by atoms with Crippen LogP contribution < -0.4 is 0 Å². The third-order valence-corrected chi connectivity index (χ3v) is 2.62. The standard InChI is InChI=1S/C10H12N2O4.C3H7NO2/c1-2-3-5-8-6-4-7-9(11(13)14)10(8)12(15)16;1-4(2)3(5)6/h4-7,10H,2-3H2,1H3;1-2H3,(H,5,6). The molecule has 1 aliphatic carbocycles. The molecular formula is C13H19N3O6. The first-order valence-electron chi connectivity index (χ1n) is 6.48. The van der Waals surface area contributed by atoms with Gasteiger partial charge in [-0.25, -0.2) is 4.79 Å². The van der Waals surface area contributed by atoms with Crippen LogP contribution in [0.2, 0.25) is 0 Å². The van der Waals surface area contributed by atoms with Crippen LogP contribution in [-0.2, 0) is 0 Å². The molecule has 1 N–H and O–H groups in total. The van der Waals surface area contributed by atoms with Crippen molar-refractivity contribution >= 4 is 6.09 Å². The summed E-state index contributed by atoms with van der Waals surface area (Å²) in [4.78, 5) is 30.9. The molecule has 0 bridgehead atoms. The van der Waals surface area contributed by atoms with Gasteiger partial charge in [0.1, 0.15) is 0 Å². The largest absolute Gasteiger partial charge is 0.465 e. The minimum Gasteiger partial charge on any atom is -0.465 e. The first kappa shape index (κ1) is 19.3. The Morgan fingerprint density at radius 2 is 1.95 bits per heavy atom. The first-order chi connectivity index (χ1) is 10.2. The van der Waals surface area contributed by atoms with Crippen LogP contribution in [0.25, 0.3) is 0 Å². The lowest BCUT2D eigenvalue weighted by Crippen LogP contribution is -2.29. The number of rotatable bonds is 4. The minimum absolute atomic E-state index is 0.380. The van der Waals surface area contributed by atoms with Gasteiger partial charge in [-0.2, -0.15) is 0 Å². The van der Waals surface area contributed by atoms with Crippen molar-refractivity contribution in [2.75, 3.05) is 14.1 Å². The lowest BCUT2D eigenvalue weighted by molar-refractivity contribution is -0.546. The quantitative estimate of drug-likeness (QED) is 0.626. The van der Waals surface area contributed by atoms with E-state index < -0.39 is 22.0 Å². The lowest BCUT2D eigenvalue weighted by Gasteiger charge is -2.10. The van der Waals surface area contributed by atoms with Gasteiger partial charge >= 0.3 is 17.8 Å². The van der Waals surface area contributed by atoms with Crippen molar-refractivity contribution < 1.29 is 19.7 Å². The molecule has 0 aromatic heterocycles. The summed E-state index contributed by atoms with van der Waals surface area (Å²) in [6.45, 7) is 1.94. The van der Waals surface area contributed by atoms with Crippen LogP contribution in [0.4, 0.5) is 4.79 Å². The Kier molecular flexibility index (Phi) is 8.13. The SMILES string of the molecule is CCCC=C1C=CC=C([N+](=O)[O-])C1[N+](=O)[O-].CN(C)C(=O)O. The smallest absolute Gasteiger partial charge is 0.406 e.